The summed E-state index contributed by atoms with van der Waals surface area (Å²) in [5.41, 5.74) is 0. The van der Waals surface area contributed by atoms with E-state index in [0.717, 1.165) is 24.1 Å². The predicted molar refractivity (Wildman–Crippen MR) is 87.6 cm³/mol. The quantitative estimate of drug-likeness (QED) is 0.758. The van der Waals surface area contributed by atoms with E-state index in [4.69, 9.17) is 11.6 Å². The van der Waals surface area contributed by atoms with Crippen LogP contribution >= 0.6 is 22.9 Å². The summed E-state index contributed by atoms with van der Waals surface area (Å²) >= 11 is 7.12. The first-order valence-corrected chi connectivity index (χ1v) is 10.6. The highest BCUT2D eigenvalue weighted by Crippen LogP contribution is 2.39. The number of sulfonamides is 1. The molecule has 0 spiro atoms. The summed E-state index contributed by atoms with van der Waals surface area (Å²) in [6.45, 7) is 0.687. The Labute approximate surface area is 136 Å². The molecule has 3 nitrogen and oxygen atoms in total. The van der Waals surface area contributed by atoms with E-state index in [0.29, 0.717) is 22.6 Å². The molecular weight excluding hydrogens is 326 g/mol. The van der Waals surface area contributed by atoms with Gasteiger partial charge in [-0.2, -0.15) is 4.31 Å². The van der Waals surface area contributed by atoms with Crippen molar-refractivity contribution in [1.82, 2.24) is 4.31 Å². The lowest BCUT2D eigenvalue weighted by Crippen LogP contribution is -2.39. The number of hydrogen-bond donors (Lipinski definition) is 0. The predicted octanol–water partition coefficient (Wildman–Crippen LogP) is 3.87. The Morgan fingerprint density at radius 3 is 2.67 bits per heavy atom. The fourth-order valence-electron chi connectivity index (χ4n) is 3.72. The minimum Gasteiger partial charge on any atom is -0.206 e. The molecule has 1 unspecified atom stereocenters. The van der Waals surface area contributed by atoms with E-state index in [9.17, 15) is 8.42 Å². The average Bonchev–Trinajstić information content (AvgIpc) is 3.20. The Morgan fingerprint density at radius 2 is 1.95 bits per heavy atom. The Kier molecular flexibility index (Phi) is 4.94. The van der Waals surface area contributed by atoms with Crippen LogP contribution in [-0.2, 0) is 16.4 Å². The highest BCUT2D eigenvalue weighted by molar-refractivity contribution is 7.91. The number of alkyl halides is 1. The fourth-order valence-corrected chi connectivity index (χ4v) is 7.27. The van der Waals surface area contributed by atoms with Crippen LogP contribution in [0.15, 0.2) is 16.3 Å². The van der Waals surface area contributed by atoms with Crippen LogP contribution in [0.4, 0.5) is 0 Å². The van der Waals surface area contributed by atoms with Crippen LogP contribution in [0, 0.1) is 5.92 Å². The monoisotopic (exact) mass is 347 g/mol. The van der Waals surface area contributed by atoms with Gasteiger partial charge < -0.3 is 0 Å². The van der Waals surface area contributed by atoms with Crippen molar-refractivity contribution in [2.75, 3.05) is 12.4 Å². The van der Waals surface area contributed by atoms with Crippen molar-refractivity contribution in [3.63, 3.8) is 0 Å². The zero-order chi connectivity index (χ0) is 14.9. The Morgan fingerprint density at radius 1 is 1.19 bits per heavy atom. The lowest BCUT2D eigenvalue weighted by Gasteiger charge is -2.28. The highest BCUT2D eigenvalue weighted by Gasteiger charge is 2.40. The Balaban J connectivity index is 1.82. The van der Waals surface area contributed by atoms with Gasteiger partial charge in [0.1, 0.15) is 4.21 Å². The summed E-state index contributed by atoms with van der Waals surface area (Å²) in [7, 11) is -3.31. The molecule has 1 aromatic rings. The molecule has 1 atom stereocenters. The van der Waals surface area contributed by atoms with Gasteiger partial charge in [-0.25, -0.2) is 8.42 Å². The number of nitrogens with zero attached hydrogens (tertiary/aromatic N) is 1. The van der Waals surface area contributed by atoms with Gasteiger partial charge in [0.2, 0.25) is 0 Å². The van der Waals surface area contributed by atoms with Gasteiger partial charge in [0.25, 0.3) is 10.0 Å². The van der Waals surface area contributed by atoms with E-state index in [1.165, 1.54) is 37.0 Å². The standard InChI is InChI=1S/C15H22ClNO2S2/c16-10-9-13-7-8-15(20-13)21(18,19)17-11-3-6-14(17)12-4-1-2-5-12/h7-8,12,14H,1-6,9-11H2. The van der Waals surface area contributed by atoms with E-state index in [2.05, 4.69) is 0 Å². The molecule has 21 heavy (non-hydrogen) atoms. The molecular formula is C15H22ClNO2S2. The van der Waals surface area contributed by atoms with Gasteiger partial charge in [0.15, 0.2) is 0 Å². The van der Waals surface area contributed by atoms with Gasteiger partial charge in [-0.05, 0) is 50.2 Å². The smallest absolute Gasteiger partial charge is 0.206 e. The van der Waals surface area contributed by atoms with Crippen LogP contribution in [0.5, 0.6) is 0 Å². The van der Waals surface area contributed by atoms with E-state index >= 15 is 0 Å². The lowest BCUT2D eigenvalue weighted by atomic mass is 9.97. The molecule has 0 bridgehead atoms. The topological polar surface area (TPSA) is 37.4 Å². The van der Waals surface area contributed by atoms with Crippen LogP contribution in [0.1, 0.15) is 43.4 Å². The van der Waals surface area contributed by atoms with Crippen molar-refractivity contribution < 1.29 is 8.42 Å². The van der Waals surface area contributed by atoms with E-state index in [-0.39, 0.29) is 6.04 Å². The summed E-state index contributed by atoms with van der Waals surface area (Å²) in [6.07, 6.45) is 7.68. The van der Waals surface area contributed by atoms with Gasteiger partial charge in [0.05, 0.1) is 0 Å². The van der Waals surface area contributed by atoms with Gasteiger partial charge in [0, 0.05) is 23.3 Å². The molecule has 3 rings (SSSR count). The maximum absolute atomic E-state index is 12.9. The van der Waals surface area contributed by atoms with Gasteiger partial charge in [-0.3, -0.25) is 0 Å². The van der Waals surface area contributed by atoms with Crippen molar-refractivity contribution in [3.8, 4) is 0 Å². The third-order valence-electron chi connectivity index (χ3n) is 4.73. The van der Waals surface area contributed by atoms with Crippen LogP contribution in [0.2, 0.25) is 0 Å². The fraction of sp³-hybridized carbons (Fsp3) is 0.733. The molecule has 1 aliphatic heterocycles. The van der Waals surface area contributed by atoms with E-state index < -0.39 is 10.0 Å². The van der Waals surface area contributed by atoms with Gasteiger partial charge >= 0.3 is 0 Å². The number of hydrogen-bond acceptors (Lipinski definition) is 3. The molecule has 1 aromatic heterocycles. The van der Waals surface area contributed by atoms with E-state index in [1.807, 2.05) is 6.07 Å². The van der Waals surface area contributed by atoms with Gasteiger partial charge in [-0.15, -0.1) is 22.9 Å². The molecule has 1 saturated carbocycles. The molecule has 2 heterocycles. The highest BCUT2D eigenvalue weighted by atomic mass is 35.5. The maximum atomic E-state index is 12.9. The second-order valence-corrected chi connectivity index (χ2v) is 9.69. The zero-order valence-electron chi connectivity index (χ0n) is 12.1. The second kappa shape index (κ2) is 6.57. The average molecular weight is 348 g/mol. The molecule has 0 radical (unpaired) electrons. The number of rotatable bonds is 5. The molecule has 0 aromatic carbocycles. The number of halogens is 1. The molecule has 2 aliphatic rings. The SMILES string of the molecule is O=S(=O)(c1ccc(CCCl)s1)N1CCCC1C1CCCC1. The third-order valence-corrected chi connectivity index (χ3v) is 8.46. The van der Waals surface area contributed by atoms with Gasteiger partial charge in [-0.1, -0.05) is 12.8 Å². The summed E-state index contributed by atoms with van der Waals surface area (Å²) in [6, 6.07) is 3.89. The minimum absolute atomic E-state index is 0.232. The first kappa shape index (κ1) is 15.8. The first-order valence-electron chi connectivity index (χ1n) is 7.79. The molecule has 0 amide bonds. The van der Waals surface area contributed by atoms with Crippen molar-refractivity contribution >= 4 is 33.0 Å². The molecule has 1 saturated heterocycles. The molecule has 1 aliphatic carbocycles. The van der Waals surface area contributed by atoms with Crippen LogP contribution in [0.25, 0.3) is 0 Å². The summed E-state index contributed by atoms with van der Waals surface area (Å²) in [4.78, 5) is 1.06. The number of aryl methyl sites for hydroxylation is 1. The Bertz CT molecular complexity index is 578. The van der Waals surface area contributed by atoms with Crippen LogP contribution in [0.3, 0.4) is 0 Å². The summed E-state index contributed by atoms with van der Waals surface area (Å²) in [5, 5.41) is 0. The number of thiophene rings is 1. The van der Waals surface area contributed by atoms with E-state index in [1.54, 1.807) is 10.4 Å². The largest absolute Gasteiger partial charge is 0.252 e. The molecule has 118 valence electrons. The molecule has 6 heteroatoms. The Hall–Kier alpha value is -0.100. The minimum atomic E-state index is -3.31. The summed E-state index contributed by atoms with van der Waals surface area (Å²) < 4.78 is 28.1. The maximum Gasteiger partial charge on any atom is 0.252 e. The van der Waals surface area contributed by atoms with Crippen molar-refractivity contribution in [3.05, 3.63) is 17.0 Å². The van der Waals surface area contributed by atoms with Crippen molar-refractivity contribution in [2.24, 2.45) is 5.92 Å². The first-order chi connectivity index (χ1) is 10.1. The van der Waals surface area contributed by atoms with Crippen molar-refractivity contribution in [2.45, 2.75) is 55.2 Å². The summed E-state index contributed by atoms with van der Waals surface area (Å²) in [5.74, 6) is 1.11. The lowest BCUT2D eigenvalue weighted by molar-refractivity contribution is 0.289. The van der Waals surface area contributed by atoms with Crippen molar-refractivity contribution in [1.29, 1.82) is 0 Å². The molecule has 0 N–H and O–H groups in total. The molecule has 2 fully saturated rings. The zero-order valence-corrected chi connectivity index (χ0v) is 14.5. The normalized spacial score (nSPS) is 24.9. The second-order valence-electron chi connectivity index (χ2n) is 6.03. The van der Waals surface area contributed by atoms with Crippen LogP contribution in [-0.4, -0.2) is 31.2 Å². The third kappa shape index (κ3) is 3.16. The van der Waals surface area contributed by atoms with Crippen LogP contribution < -0.4 is 0 Å².